The van der Waals surface area contributed by atoms with Gasteiger partial charge in [-0.2, -0.15) is 8.42 Å². The zero-order valence-electron chi connectivity index (χ0n) is 12.0. The molecule has 0 radical (unpaired) electrons. The van der Waals surface area contributed by atoms with Gasteiger partial charge in [0.1, 0.15) is 0 Å². The van der Waals surface area contributed by atoms with Crippen molar-refractivity contribution in [2.24, 2.45) is 5.92 Å². The molecule has 1 heterocycles. The van der Waals surface area contributed by atoms with Crippen LogP contribution in [-0.4, -0.2) is 42.1 Å². The fraction of sp³-hybridized carbons (Fsp3) is 0.929. The van der Waals surface area contributed by atoms with E-state index in [-0.39, 0.29) is 17.7 Å². The highest BCUT2D eigenvalue weighted by molar-refractivity contribution is 7.85. The van der Waals surface area contributed by atoms with E-state index in [1.807, 2.05) is 4.90 Å². The number of carbonyl (C=O) groups is 1. The first-order valence-electron chi connectivity index (χ1n) is 7.70. The SMILES string of the molecule is O=C(CC1CCCCC1)N1CCC[C@@H]1CCS(=O)(=O)O. The van der Waals surface area contributed by atoms with Gasteiger partial charge in [0.2, 0.25) is 5.91 Å². The Morgan fingerprint density at radius 1 is 1.10 bits per heavy atom. The highest BCUT2D eigenvalue weighted by atomic mass is 32.2. The molecular weight excluding hydrogens is 278 g/mol. The third-order valence-corrected chi connectivity index (χ3v) is 5.35. The molecular formula is C14H25NO4S. The van der Waals surface area contributed by atoms with E-state index < -0.39 is 10.1 Å². The average Bonchev–Trinajstić information content (AvgIpc) is 2.85. The summed E-state index contributed by atoms with van der Waals surface area (Å²) in [5.41, 5.74) is 0. The van der Waals surface area contributed by atoms with Gasteiger partial charge in [-0.05, 0) is 38.0 Å². The van der Waals surface area contributed by atoms with E-state index in [1.54, 1.807) is 0 Å². The summed E-state index contributed by atoms with van der Waals surface area (Å²) >= 11 is 0. The monoisotopic (exact) mass is 303 g/mol. The van der Waals surface area contributed by atoms with E-state index in [9.17, 15) is 13.2 Å². The van der Waals surface area contributed by atoms with E-state index in [4.69, 9.17) is 4.55 Å². The molecule has 5 nitrogen and oxygen atoms in total. The first-order chi connectivity index (χ1) is 9.46. The number of hydrogen-bond acceptors (Lipinski definition) is 3. The van der Waals surface area contributed by atoms with Gasteiger partial charge in [-0.15, -0.1) is 0 Å². The zero-order chi connectivity index (χ0) is 14.6. The molecule has 1 saturated carbocycles. The van der Waals surface area contributed by atoms with Crippen molar-refractivity contribution in [2.45, 2.75) is 63.8 Å². The molecule has 0 aromatic carbocycles. The lowest BCUT2D eigenvalue weighted by atomic mass is 9.86. The van der Waals surface area contributed by atoms with Crippen molar-refractivity contribution in [1.82, 2.24) is 4.90 Å². The largest absolute Gasteiger partial charge is 0.340 e. The summed E-state index contributed by atoms with van der Waals surface area (Å²) in [4.78, 5) is 14.2. The molecule has 1 amide bonds. The number of rotatable bonds is 5. The van der Waals surface area contributed by atoms with E-state index in [0.717, 1.165) is 32.2 Å². The van der Waals surface area contributed by atoms with E-state index in [2.05, 4.69) is 0 Å². The Bertz CT molecular complexity index is 428. The second-order valence-corrected chi connectivity index (χ2v) is 7.74. The van der Waals surface area contributed by atoms with E-state index in [0.29, 0.717) is 18.8 Å². The Morgan fingerprint density at radius 2 is 1.80 bits per heavy atom. The Labute approximate surface area is 121 Å². The molecule has 0 aromatic rings. The number of likely N-dealkylation sites (tertiary alicyclic amines) is 1. The predicted molar refractivity (Wildman–Crippen MR) is 77.0 cm³/mol. The van der Waals surface area contributed by atoms with Crippen LogP contribution in [0.5, 0.6) is 0 Å². The lowest BCUT2D eigenvalue weighted by Gasteiger charge is -2.28. The van der Waals surface area contributed by atoms with Gasteiger partial charge < -0.3 is 4.90 Å². The van der Waals surface area contributed by atoms with E-state index in [1.165, 1.54) is 19.3 Å². The summed E-state index contributed by atoms with van der Waals surface area (Å²) in [6.45, 7) is 0.738. The van der Waals surface area contributed by atoms with Crippen LogP contribution in [0.2, 0.25) is 0 Å². The molecule has 0 aromatic heterocycles. The van der Waals surface area contributed by atoms with Gasteiger partial charge in [-0.25, -0.2) is 0 Å². The lowest BCUT2D eigenvalue weighted by Crippen LogP contribution is -2.37. The molecule has 2 fully saturated rings. The molecule has 1 atom stereocenters. The lowest BCUT2D eigenvalue weighted by molar-refractivity contribution is -0.133. The number of hydrogen-bond donors (Lipinski definition) is 1. The first kappa shape index (κ1) is 15.8. The van der Waals surface area contributed by atoms with Crippen molar-refractivity contribution in [3.05, 3.63) is 0 Å². The predicted octanol–water partition coefficient (Wildman–Crippen LogP) is 2.23. The first-order valence-corrected chi connectivity index (χ1v) is 9.31. The Morgan fingerprint density at radius 3 is 2.45 bits per heavy atom. The van der Waals surface area contributed by atoms with Crippen LogP contribution in [-0.2, 0) is 14.9 Å². The van der Waals surface area contributed by atoms with Crippen LogP contribution >= 0.6 is 0 Å². The molecule has 1 N–H and O–H groups in total. The maximum atomic E-state index is 12.4. The normalized spacial score (nSPS) is 25.1. The maximum absolute atomic E-state index is 12.4. The Balaban J connectivity index is 1.84. The maximum Gasteiger partial charge on any atom is 0.264 e. The topological polar surface area (TPSA) is 74.7 Å². The second-order valence-electron chi connectivity index (χ2n) is 6.17. The van der Waals surface area contributed by atoms with Crippen molar-refractivity contribution in [3.8, 4) is 0 Å². The molecule has 1 aliphatic carbocycles. The minimum atomic E-state index is -3.93. The summed E-state index contributed by atoms with van der Waals surface area (Å²) in [5.74, 6) is 0.444. The fourth-order valence-corrected chi connectivity index (χ4v) is 4.07. The molecule has 0 spiro atoms. The van der Waals surface area contributed by atoms with Crippen molar-refractivity contribution >= 4 is 16.0 Å². The standard InChI is InChI=1S/C14H25NO4S/c16-14(11-12-5-2-1-3-6-12)15-9-4-7-13(15)8-10-20(17,18)19/h12-13H,1-11H2,(H,17,18,19)/t13-/m1/s1. The van der Waals surface area contributed by atoms with Crippen molar-refractivity contribution < 1.29 is 17.8 Å². The van der Waals surface area contributed by atoms with Crippen LogP contribution in [0.3, 0.4) is 0 Å². The van der Waals surface area contributed by atoms with E-state index >= 15 is 0 Å². The van der Waals surface area contributed by atoms with Crippen LogP contribution in [0.15, 0.2) is 0 Å². The smallest absolute Gasteiger partial charge is 0.264 e. The molecule has 2 aliphatic rings. The summed E-state index contributed by atoms with van der Waals surface area (Å²) in [6.07, 6.45) is 8.79. The summed E-state index contributed by atoms with van der Waals surface area (Å²) in [6, 6.07) is -0.00647. The highest BCUT2D eigenvalue weighted by Crippen LogP contribution is 2.29. The average molecular weight is 303 g/mol. The van der Waals surface area contributed by atoms with Crippen LogP contribution in [0.4, 0.5) is 0 Å². The number of carbonyl (C=O) groups excluding carboxylic acids is 1. The van der Waals surface area contributed by atoms with Crippen molar-refractivity contribution in [3.63, 3.8) is 0 Å². The quantitative estimate of drug-likeness (QED) is 0.790. The van der Waals surface area contributed by atoms with Crippen LogP contribution in [0.1, 0.15) is 57.8 Å². The molecule has 6 heteroatoms. The molecule has 1 aliphatic heterocycles. The molecule has 2 rings (SSSR count). The van der Waals surface area contributed by atoms with Gasteiger partial charge in [0.15, 0.2) is 0 Å². The molecule has 0 unspecified atom stereocenters. The molecule has 20 heavy (non-hydrogen) atoms. The van der Waals surface area contributed by atoms with Gasteiger partial charge in [0.05, 0.1) is 5.75 Å². The van der Waals surface area contributed by atoms with Crippen molar-refractivity contribution in [1.29, 1.82) is 0 Å². The van der Waals surface area contributed by atoms with Crippen LogP contribution in [0, 0.1) is 5.92 Å². The van der Waals surface area contributed by atoms with Gasteiger partial charge in [0, 0.05) is 19.0 Å². The van der Waals surface area contributed by atoms with Gasteiger partial charge in [-0.3, -0.25) is 9.35 Å². The third kappa shape index (κ3) is 4.74. The number of amides is 1. The molecule has 116 valence electrons. The van der Waals surface area contributed by atoms with Crippen molar-refractivity contribution in [2.75, 3.05) is 12.3 Å². The Kier molecular flexibility index (Phi) is 5.43. The summed E-state index contributed by atoms with van der Waals surface area (Å²) < 4.78 is 30.5. The number of nitrogens with zero attached hydrogens (tertiary/aromatic N) is 1. The molecule has 1 saturated heterocycles. The highest BCUT2D eigenvalue weighted by Gasteiger charge is 2.30. The fourth-order valence-electron chi connectivity index (χ4n) is 3.50. The van der Waals surface area contributed by atoms with Gasteiger partial charge in [-0.1, -0.05) is 19.3 Å². The van der Waals surface area contributed by atoms with Gasteiger partial charge >= 0.3 is 0 Å². The summed E-state index contributed by atoms with van der Waals surface area (Å²) in [7, 11) is -3.93. The second kappa shape index (κ2) is 6.89. The van der Waals surface area contributed by atoms with Crippen LogP contribution < -0.4 is 0 Å². The third-order valence-electron chi connectivity index (χ3n) is 4.59. The Hall–Kier alpha value is -0.620. The van der Waals surface area contributed by atoms with Gasteiger partial charge in [0.25, 0.3) is 10.1 Å². The minimum Gasteiger partial charge on any atom is -0.340 e. The minimum absolute atomic E-state index is 0.00647. The molecule has 0 bridgehead atoms. The zero-order valence-corrected chi connectivity index (χ0v) is 12.8. The van der Waals surface area contributed by atoms with Crippen LogP contribution in [0.25, 0.3) is 0 Å². The summed E-state index contributed by atoms with van der Waals surface area (Å²) in [5, 5.41) is 0.